The molecule has 1 saturated carbocycles. The molecule has 0 spiro atoms. The molecule has 28 heavy (non-hydrogen) atoms. The minimum Gasteiger partial charge on any atom is -0.347 e. The summed E-state index contributed by atoms with van der Waals surface area (Å²) in [5.41, 5.74) is 1.79. The normalized spacial score (nSPS) is 18.8. The van der Waals surface area contributed by atoms with Gasteiger partial charge in [0.1, 0.15) is 6.04 Å². The third-order valence-corrected chi connectivity index (χ3v) is 5.92. The summed E-state index contributed by atoms with van der Waals surface area (Å²) in [7, 11) is 0. The van der Waals surface area contributed by atoms with E-state index in [4.69, 9.17) is 0 Å². The average molecular weight is 376 g/mol. The summed E-state index contributed by atoms with van der Waals surface area (Å²) in [4.78, 5) is 39.5. The lowest BCUT2D eigenvalue weighted by Gasteiger charge is -2.29. The van der Waals surface area contributed by atoms with E-state index in [2.05, 4.69) is 5.32 Å². The smallest absolute Gasteiger partial charge is 0.262 e. The third-order valence-electron chi connectivity index (χ3n) is 5.92. The van der Waals surface area contributed by atoms with Crippen LogP contribution < -0.4 is 5.32 Å². The highest BCUT2D eigenvalue weighted by Gasteiger charge is 2.41. The summed E-state index contributed by atoms with van der Waals surface area (Å²) in [6.45, 7) is 1.62. The summed E-state index contributed by atoms with van der Waals surface area (Å²) in [6.07, 6.45) is 4.47. The van der Waals surface area contributed by atoms with Crippen LogP contribution in [0.15, 0.2) is 54.6 Å². The van der Waals surface area contributed by atoms with Gasteiger partial charge >= 0.3 is 0 Å². The Morgan fingerprint density at radius 1 is 0.929 bits per heavy atom. The largest absolute Gasteiger partial charge is 0.347 e. The van der Waals surface area contributed by atoms with Crippen molar-refractivity contribution >= 4 is 17.7 Å². The van der Waals surface area contributed by atoms with Gasteiger partial charge in [0, 0.05) is 0 Å². The number of fused-ring (bicyclic) bond motifs is 1. The van der Waals surface area contributed by atoms with E-state index in [0.717, 1.165) is 36.1 Å². The Kier molecular flexibility index (Phi) is 4.99. The molecule has 1 fully saturated rings. The van der Waals surface area contributed by atoms with Gasteiger partial charge in [0.25, 0.3) is 11.8 Å². The van der Waals surface area contributed by atoms with Crippen molar-refractivity contribution in [1.29, 1.82) is 0 Å². The summed E-state index contributed by atoms with van der Waals surface area (Å²) in [5.74, 6) is -0.725. The summed E-state index contributed by atoms with van der Waals surface area (Å²) in [5, 5.41) is 3.13. The second kappa shape index (κ2) is 7.58. The van der Waals surface area contributed by atoms with Gasteiger partial charge < -0.3 is 5.32 Å². The quantitative estimate of drug-likeness (QED) is 0.809. The molecule has 2 aromatic rings. The summed E-state index contributed by atoms with van der Waals surface area (Å²) >= 11 is 0. The summed E-state index contributed by atoms with van der Waals surface area (Å²) < 4.78 is 0. The van der Waals surface area contributed by atoms with Crippen molar-refractivity contribution in [3.05, 3.63) is 71.3 Å². The zero-order valence-electron chi connectivity index (χ0n) is 15.9. The van der Waals surface area contributed by atoms with Crippen LogP contribution in [0.2, 0.25) is 0 Å². The zero-order valence-corrected chi connectivity index (χ0v) is 15.9. The molecular weight excluding hydrogens is 352 g/mol. The number of amides is 3. The standard InChI is InChI=1S/C23H24N2O3/c1-15(25-22(27)18-13-7-8-14-19(18)23(25)28)21(26)24-20(17-11-5-6-12-17)16-9-3-2-4-10-16/h2-4,7-10,13-15,17,20H,5-6,11-12H2,1H3,(H,24,26)/t15-,20-/m1/s1. The topological polar surface area (TPSA) is 66.5 Å². The Balaban J connectivity index is 1.55. The Morgan fingerprint density at radius 3 is 2.04 bits per heavy atom. The molecule has 5 nitrogen and oxygen atoms in total. The van der Waals surface area contributed by atoms with Gasteiger partial charge in [0.15, 0.2) is 0 Å². The predicted molar refractivity (Wildman–Crippen MR) is 106 cm³/mol. The van der Waals surface area contributed by atoms with E-state index in [1.54, 1.807) is 31.2 Å². The number of imide groups is 1. The van der Waals surface area contributed by atoms with Crippen LogP contribution in [0.3, 0.4) is 0 Å². The molecule has 4 rings (SSSR count). The lowest BCUT2D eigenvalue weighted by molar-refractivity contribution is -0.125. The SMILES string of the molecule is C[C@H](C(=O)N[C@H](c1ccccc1)C1CCCC1)N1C(=O)c2ccccc2C1=O. The van der Waals surface area contributed by atoms with E-state index in [9.17, 15) is 14.4 Å². The summed E-state index contributed by atoms with van der Waals surface area (Å²) in [6, 6.07) is 15.7. The van der Waals surface area contributed by atoms with Crippen LogP contribution in [0.25, 0.3) is 0 Å². The molecule has 1 aliphatic heterocycles. The van der Waals surface area contributed by atoms with Crippen molar-refractivity contribution < 1.29 is 14.4 Å². The van der Waals surface area contributed by atoms with Crippen LogP contribution in [0, 0.1) is 5.92 Å². The molecule has 3 amide bonds. The molecule has 0 unspecified atom stereocenters. The second-order valence-corrected chi connectivity index (χ2v) is 7.64. The Bertz CT molecular complexity index is 868. The molecule has 2 aromatic carbocycles. The molecule has 1 N–H and O–H groups in total. The van der Waals surface area contributed by atoms with Crippen LogP contribution in [-0.4, -0.2) is 28.7 Å². The predicted octanol–water partition coefficient (Wildman–Crippen LogP) is 3.72. The van der Waals surface area contributed by atoms with Gasteiger partial charge in [-0.05, 0) is 43.4 Å². The fourth-order valence-electron chi connectivity index (χ4n) is 4.38. The molecule has 1 heterocycles. The van der Waals surface area contributed by atoms with Gasteiger partial charge in [-0.1, -0.05) is 55.3 Å². The van der Waals surface area contributed by atoms with Gasteiger partial charge in [-0.3, -0.25) is 19.3 Å². The molecule has 0 saturated heterocycles. The maximum absolute atomic E-state index is 13.1. The Morgan fingerprint density at radius 2 is 1.46 bits per heavy atom. The number of carbonyl (C=O) groups is 3. The highest BCUT2D eigenvalue weighted by molar-refractivity contribution is 6.22. The number of hydrogen-bond acceptors (Lipinski definition) is 3. The van der Waals surface area contributed by atoms with Crippen molar-refractivity contribution in [3.8, 4) is 0 Å². The van der Waals surface area contributed by atoms with E-state index >= 15 is 0 Å². The van der Waals surface area contributed by atoms with E-state index in [0.29, 0.717) is 17.0 Å². The first kappa shape index (κ1) is 18.4. The Labute approximate surface area is 164 Å². The fourth-order valence-corrected chi connectivity index (χ4v) is 4.38. The lowest BCUT2D eigenvalue weighted by Crippen LogP contribution is -2.49. The van der Waals surface area contributed by atoms with E-state index in [-0.39, 0.29) is 11.9 Å². The number of hydrogen-bond donors (Lipinski definition) is 1. The van der Waals surface area contributed by atoms with Crippen LogP contribution in [0.5, 0.6) is 0 Å². The molecule has 1 aliphatic carbocycles. The van der Waals surface area contributed by atoms with Gasteiger partial charge in [0.05, 0.1) is 17.2 Å². The van der Waals surface area contributed by atoms with Crippen molar-refractivity contribution in [1.82, 2.24) is 10.2 Å². The molecule has 2 aliphatic rings. The number of benzene rings is 2. The van der Waals surface area contributed by atoms with E-state index in [1.807, 2.05) is 30.3 Å². The number of nitrogens with one attached hydrogen (secondary N) is 1. The van der Waals surface area contributed by atoms with Gasteiger partial charge in [-0.15, -0.1) is 0 Å². The van der Waals surface area contributed by atoms with Gasteiger partial charge in [-0.25, -0.2) is 0 Å². The minimum absolute atomic E-state index is 0.103. The van der Waals surface area contributed by atoms with Crippen LogP contribution in [0.4, 0.5) is 0 Å². The van der Waals surface area contributed by atoms with Crippen LogP contribution in [-0.2, 0) is 4.79 Å². The maximum Gasteiger partial charge on any atom is 0.262 e. The van der Waals surface area contributed by atoms with Crippen molar-refractivity contribution in [2.24, 2.45) is 5.92 Å². The zero-order chi connectivity index (χ0) is 19.7. The van der Waals surface area contributed by atoms with Crippen molar-refractivity contribution in [3.63, 3.8) is 0 Å². The van der Waals surface area contributed by atoms with Crippen LogP contribution >= 0.6 is 0 Å². The average Bonchev–Trinajstić information content (AvgIpc) is 3.34. The highest BCUT2D eigenvalue weighted by atomic mass is 16.2. The molecule has 0 radical (unpaired) electrons. The Hall–Kier alpha value is -2.95. The van der Waals surface area contributed by atoms with Crippen molar-refractivity contribution in [2.75, 3.05) is 0 Å². The first-order chi connectivity index (χ1) is 13.6. The van der Waals surface area contributed by atoms with E-state index in [1.165, 1.54) is 0 Å². The number of rotatable bonds is 5. The molecule has 5 heteroatoms. The third kappa shape index (κ3) is 3.21. The first-order valence-corrected chi connectivity index (χ1v) is 9.90. The van der Waals surface area contributed by atoms with Gasteiger partial charge in [0.2, 0.25) is 5.91 Å². The fraction of sp³-hybridized carbons (Fsp3) is 0.348. The van der Waals surface area contributed by atoms with Crippen molar-refractivity contribution in [2.45, 2.75) is 44.7 Å². The number of carbonyl (C=O) groups excluding carboxylic acids is 3. The molecular formula is C23H24N2O3. The highest BCUT2D eigenvalue weighted by Crippen LogP contribution is 2.36. The van der Waals surface area contributed by atoms with Crippen LogP contribution in [0.1, 0.15) is 64.9 Å². The van der Waals surface area contributed by atoms with E-state index < -0.39 is 17.9 Å². The molecule has 0 aromatic heterocycles. The minimum atomic E-state index is -0.861. The monoisotopic (exact) mass is 376 g/mol. The number of nitrogens with zero attached hydrogens (tertiary/aromatic N) is 1. The molecule has 144 valence electrons. The second-order valence-electron chi connectivity index (χ2n) is 7.64. The molecule has 0 bridgehead atoms. The first-order valence-electron chi connectivity index (χ1n) is 9.90. The maximum atomic E-state index is 13.1. The van der Waals surface area contributed by atoms with Gasteiger partial charge in [-0.2, -0.15) is 0 Å². The molecule has 2 atom stereocenters. The lowest BCUT2D eigenvalue weighted by atomic mass is 9.91.